The second-order valence-corrected chi connectivity index (χ2v) is 6.44. The highest BCUT2D eigenvalue weighted by atomic mass is 32.2. The minimum Gasteiger partial charge on any atom is -0.374 e. The fraction of sp³-hybridized carbons (Fsp3) is 0.250. The molecular formula is C12H12N4OS2. The number of amides is 1. The molecule has 0 radical (unpaired) electrons. The number of fused-ring (bicyclic) bond motifs is 1. The van der Waals surface area contributed by atoms with Crippen molar-refractivity contribution in [1.82, 2.24) is 15.1 Å². The number of rotatable bonds is 3. The molecule has 0 unspecified atom stereocenters. The van der Waals surface area contributed by atoms with Gasteiger partial charge in [0.15, 0.2) is 4.34 Å². The Kier molecular flexibility index (Phi) is 3.39. The first-order valence-electron chi connectivity index (χ1n) is 5.79. The first kappa shape index (κ1) is 12.4. The molecular weight excluding hydrogens is 280 g/mol. The van der Waals surface area contributed by atoms with E-state index in [0.29, 0.717) is 24.0 Å². The lowest BCUT2D eigenvalue weighted by molar-refractivity contribution is -0.128. The summed E-state index contributed by atoms with van der Waals surface area (Å²) >= 11 is 2.70. The van der Waals surface area contributed by atoms with E-state index in [0.717, 1.165) is 4.34 Å². The summed E-state index contributed by atoms with van der Waals surface area (Å²) in [4.78, 5) is 14.0. The fourth-order valence-corrected chi connectivity index (χ4v) is 3.54. The lowest BCUT2D eigenvalue weighted by Gasteiger charge is -2.14. The van der Waals surface area contributed by atoms with Crippen LogP contribution in [0.5, 0.6) is 0 Å². The Morgan fingerprint density at radius 1 is 1.32 bits per heavy atom. The van der Waals surface area contributed by atoms with Crippen LogP contribution in [0, 0.1) is 0 Å². The summed E-state index contributed by atoms with van der Waals surface area (Å²) in [6, 6.07) is 8.15. The molecule has 1 aliphatic rings. The Hall–Kier alpha value is -1.60. The Balaban J connectivity index is 1.58. The van der Waals surface area contributed by atoms with Gasteiger partial charge in [-0.05, 0) is 11.1 Å². The zero-order chi connectivity index (χ0) is 13.2. The monoisotopic (exact) mass is 292 g/mol. The van der Waals surface area contributed by atoms with Gasteiger partial charge in [-0.1, -0.05) is 47.4 Å². The fourth-order valence-electron chi connectivity index (χ4n) is 2.00. The number of benzene rings is 1. The first-order valence-corrected chi connectivity index (χ1v) is 7.59. The number of carbonyl (C=O) groups is 1. The van der Waals surface area contributed by atoms with E-state index in [1.54, 1.807) is 0 Å². The maximum absolute atomic E-state index is 12.1. The van der Waals surface area contributed by atoms with Gasteiger partial charge in [-0.2, -0.15) is 0 Å². The lowest BCUT2D eigenvalue weighted by Crippen LogP contribution is -2.26. The number of carbonyl (C=O) groups excluding carboxylic acids is 1. The second-order valence-electron chi connectivity index (χ2n) is 4.21. The zero-order valence-electron chi connectivity index (χ0n) is 10.1. The number of nitrogens with zero attached hydrogens (tertiary/aromatic N) is 3. The van der Waals surface area contributed by atoms with Crippen LogP contribution in [0.15, 0.2) is 28.6 Å². The number of nitrogens with two attached hydrogens (primary N) is 1. The highest BCUT2D eigenvalue weighted by Crippen LogP contribution is 2.26. The van der Waals surface area contributed by atoms with E-state index >= 15 is 0 Å². The molecule has 0 spiro atoms. The summed E-state index contributed by atoms with van der Waals surface area (Å²) in [5, 5.41) is 8.05. The van der Waals surface area contributed by atoms with Gasteiger partial charge in [-0.15, -0.1) is 10.2 Å². The molecule has 0 bridgehead atoms. The van der Waals surface area contributed by atoms with Crippen LogP contribution in [0.1, 0.15) is 11.1 Å². The number of nitrogen functional groups attached to an aromatic ring is 1. The van der Waals surface area contributed by atoms with Crippen molar-refractivity contribution in [3.8, 4) is 0 Å². The van der Waals surface area contributed by atoms with Crippen LogP contribution in [-0.4, -0.2) is 26.8 Å². The maximum Gasteiger partial charge on any atom is 0.233 e. The van der Waals surface area contributed by atoms with Crippen LogP contribution < -0.4 is 5.73 Å². The summed E-state index contributed by atoms with van der Waals surface area (Å²) in [7, 11) is 0. The average molecular weight is 292 g/mol. The third-order valence-electron chi connectivity index (χ3n) is 2.93. The maximum atomic E-state index is 12.1. The van der Waals surface area contributed by atoms with E-state index in [2.05, 4.69) is 22.3 Å². The number of hydrogen-bond donors (Lipinski definition) is 1. The molecule has 2 heterocycles. The lowest BCUT2D eigenvalue weighted by atomic mass is 10.1. The predicted octanol–water partition coefficient (Wildman–Crippen LogP) is 1.75. The van der Waals surface area contributed by atoms with Crippen molar-refractivity contribution in [2.24, 2.45) is 0 Å². The molecule has 0 atom stereocenters. The normalized spacial score (nSPS) is 13.6. The molecule has 1 aromatic carbocycles. The van der Waals surface area contributed by atoms with Gasteiger partial charge < -0.3 is 10.6 Å². The molecule has 2 aromatic rings. The summed E-state index contributed by atoms with van der Waals surface area (Å²) in [6.45, 7) is 1.40. The number of aromatic nitrogens is 2. The molecule has 3 rings (SSSR count). The van der Waals surface area contributed by atoms with Crippen LogP contribution in [-0.2, 0) is 17.9 Å². The molecule has 1 aromatic heterocycles. The van der Waals surface area contributed by atoms with E-state index in [1.807, 2.05) is 17.0 Å². The van der Waals surface area contributed by atoms with Gasteiger partial charge in [-0.3, -0.25) is 4.79 Å². The van der Waals surface area contributed by atoms with Gasteiger partial charge >= 0.3 is 0 Å². The van der Waals surface area contributed by atoms with Crippen molar-refractivity contribution < 1.29 is 4.79 Å². The topological polar surface area (TPSA) is 72.1 Å². The van der Waals surface area contributed by atoms with E-state index < -0.39 is 0 Å². The summed E-state index contributed by atoms with van der Waals surface area (Å²) in [5.74, 6) is 0.498. The molecule has 98 valence electrons. The highest BCUT2D eigenvalue weighted by molar-refractivity contribution is 8.01. The van der Waals surface area contributed by atoms with Crippen molar-refractivity contribution in [3.05, 3.63) is 35.4 Å². The van der Waals surface area contributed by atoms with Crippen molar-refractivity contribution in [3.63, 3.8) is 0 Å². The summed E-state index contributed by atoms with van der Waals surface area (Å²) in [5.41, 5.74) is 7.97. The van der Waals surface area contributed by atoms with Crippen molar-refractivity contribution in [2.45, 2.75) is 17.4 Å². The zero-order valence-corrected chi connectivity index (χ0v) is 11.7. The molecule has 0 aliphatic carbocycles. The van der Waals surface area contributed by atoms with E-state index in [4.69, 9.17) is 5.73 Å². The van der Waals surface area contributed by atoms with Crippen molar-refractivity contribution >= 4 is 34.1 Å². The van der Waals surface area contributed by atoms with Crippen LogP contribution >= 0.6 is 23.1 Å². The van der Waals surface area contributed by atoms with E-state index in [1.165, 1.54) is 34.2 Å². The van der Waals surface area contributed by atoms with Crippen LogP contribution in [0.25, 0.3) is 0 Å². The molecule has 0 fully saturated rings. The number of hydrogen-bond acceptors (Lipinski definition) is 6. The van der Waals surface area contributed by atoms with Crippen molar-refractivity contribution in [2.75, 3.05) is 11.5 Å². The molecule has 0 saturated carbocycles. The quantitative estimate of drug-likeness (QED) is 0.873. The smallest absolute Gasteiger partial charge is 0.233 e. The van der Waals surface area contributed by atoms with Crippen LogP contribution in [0.3, 0.4) is 0 Å². The SMILES string of the molecule is Nc1nnc(SCC(=O)N2Cc3ccccc3C2)s1. The minimum absolute atomic E-state index is 0.120. The Morgan fingerprint density at radius 3 is 2.58 bits per heavy atom. The van der Waals surface area contributed by atoms with Crippen LogP contribution in [0.4, 0.5) is 5.13 Å². The third kappa shape index (κ3) is 2.71. The minimum atomic E-state index is 0.120. The second kappa shape index (κ2) is 5.18. The Morgan fingerprint density at radius 2 is 2.00 bits per heavy atom. The first-order chi connectivity index (χ1) is 9.22. The average Bonchev–Trinajstić information content (AvgIpc) is 3.01. The van der Waals surface area contributed by atoms with Gasteiger partial charge in [-0.25, -0.2) is 0 Å². The Labute approximate surface area is 118 Å². The van der Waals surface area contributed by atoms with Crippen LogP contribution in [0.2, 0.25) is 0 Å². The molecule has 1 amide bonds. The number of thioether (sulfide) groups is 1. The summed E-state index contributed by atoms with van der Waals surface area (Å²) in [6.07, 6.45) is 0. The molecule has 0 saturated heterocycles. The van der Waals surface area contributed by atoms with Gasteiger partial charge in [0.05, 0.1) is 5.75 Å². The highest BCUT2D eigenvalue weighted by Gasteiger charge is 2.22. The Bertz CT molecular complexity index is 588. The number of anilines is 1. The van der Waals surface area contributed by atoms with Gasteiger partial charge in [0.1, 0.15) is 0 Å². The third-order valence-corrected chi connectivity index (χ3v) is 4.81. The predicted molar refractivity (Wildman–Crippen MR) is 75.7 cm³/mol. The van der Waals surface area contributed by atoms with Gasteiger partial charge in [0.25, 0.3) is 0 Å². The molecule has 19 heavy (non-hydrogen) atoms. The van der Waals surface area contributed by atoms with E-state index in [-0.39, 0.29) is 5.91 Å². The molecule has 7 heteroatoms. The van der Waals surface area contributed by atoms with Gasteiger partial charge in [0.2, 0.25) is 11.0 Å². The van der Waals surface area contributed by atoms with Gasteiger partial charge in [0, 0.05) is 13.1 Å². The molecule has 1 aliphatic heterocycles. The molecule has 2 N–H and O–H groups in total. The largest absolute Gasteiger partial charge is 0.374 e. The standard InChI is InChI=1S/C12H12N4OS2/c13-11-14-15-12(19-11)18-7-10(17)16-5-8-3-1-2-4-9(8)6-16/h1-4H,5-7H2,(H2,13,14). The molecule has 5 nitrogen and oxygen atoms in total. The van der Waals surface area contributed by atoms with Crippen molar-refractivity contribution in [1.29, 1.82) is 0 Å². The summed E-state index contributed by atoms with van der Waals surface area (Å²) < 4.78 is 0.738. The van der Waals surface area contributed by atoms with E-state index in [9.17, 15) is 4.79 Å².